The Hall–Kier alpha value is -1.59. The van der Waals surface area contributed by atoms with Gasteiger partial charge in [0, 0.05) is 17.7 Å². The summed E-state index contributed by atoms with van der Waals surface area (Å²) in [7, 11) is 1.41. The molecule has 5 nitrogen and oxygen atoms in total. The first-order valence-corrected chi connectivity index (χ1v) is 5.90. The number of hydrogen-bond acceptors (Lipinski definition) is 4. The lowest BCUT2D eigenvalue weighted by Gasteiger charge is -2.12. The Morgan fingerprint density at radius 2 is 2.33 bits per heavy atom. The molecule has 0 fully saturated rings. The Morgan fingerprint density at radius 1 is 1.61 bits per heavy atom. The van der Waals surface area contributed by atoms with Crippen LogP contribution >= 0.6 is 11.6 Å². The van der Waals surface area contributed by atoms with Crippen molar-refractivity contribution in [3.8, 4) is 5.75 Å². The van der Waals surface area contributed by atoms with Crippen LogP contribution < -0.4 is 10.5 Å². The van der Waals surface area contributed by atoms with Crippen molar-refractivity contribution >= 4 is 23.4 Å². The molecular formula is C12H13ClN2O3. The van der Waals surface area contributed by atoms with E-state index in [1.807, 2.05) is 6.08 Å². The summed E-state index contributed by atoms with van der Waals surface area (Å²) in [6, 6.07) is 1.27. The number of nitrogens with zero attached hydrogens (tertiary/aromatic N) is 1. The van der Waals surface area contributed by atoms with Crippen LogP contribution in [0.1, 0.15) is 17.5 Å². The minimum absolute atomic E-state index is 0.0720. The second-order valence-electron chi connectivity index (χ2n) is 4.12. The van der Waals surface area contributed by atoms with Gasteiger partial charge in [-0.2, -0.15) is 0 Å². The van der Waals surface area contributed by atoms with E-state index in [0.717, 1.165) is 12.0 Å². The lowest BCUT2D eigenvalue weighted by Crippen LogP contribution is -2.16. The van der Waals surface area contributed by atoms with Crippen molar-refractivity contribution in [3.63, 3.8) is 0 Å². The first-order chi connectivity index (χ1) is 8.54. The third kappa shape index (κ3) is 2.19. The molecule has 1 aromatic rings. The standard InChI is InChI=1S/C12H13ClN2O3/c1-18-12-9-5-3-7(14)2-4-8(9)10(13)6-11(12)15(16)17/h3,5-7H,2,4,14H2,1H3. The average Bonchev–Trinajstić information content (AvgIpc) is 2.52. The number of hydrogen-bond donors (Lipinski definition) is 1. The number of benzene rings is 1. The van der Waals surface area contributed by atoms with Gasteiger partial charge >= 0.3 is 5.69 Å². The Bertz CT molecular complexity index is 529. The molecular weight excluding hydrogens is 256 g/mol. The van der Waals surface area contributed by atoms with Crippen molar-refractivity contribution in [2.45, 2.75) is 18.9 Å². The Balaban J connectivity index is 2.69. The molecule has 2 rings (SSSR count). The second-order valence-corrected chi connectivity index (χ2v) is 4.53. The van der Waals surface area contributed by atoms with Crippen LogP contribution in [0.4, 0.5) is 5.69 Å². The molecule has 0 heterocycles. The third-order valence-electron chi connectivity index (χ3n) is 2.99. The highest BCUT2D eigenvalue weighted by Gasteiger charge is 2.24. The number of fused-ring (bicyclic) bond motifs is 1. The topological polar surface area (TPSA) is 78.4 Å². The van der Waals surface area contributed by atoms with Crippen LogP contribution in [0.15, 0.2) is 12.1 Å². The van der Waals surface area contributed by atoms with Crippen molar-refractivity contribution in [2.24, 2.45) is 5.73 Å². The van der Waals surface area contributed by atoms with Gasteiger partial charge in [0.05, 0.1) is 17.1 Å². The number of nitrogens with two attached hydrogens (primary N) is 1. The smallest absolute Gasteiger partial charge is 0.313 e. The molecule has 1 aliphatic carbocycles. The Morgan fingerprint density at radius 3 is 2.94 bits per heavy atom. The highest BCUT2D eigenvalue weighted by molar-refractivity contribution is 6.32. The third-order valence-corrected chi connectivity index (χ3v) is 3.33. The van der Waals surface area contributed by atoms with Crippen molar-refractivity contribution in [2.75, 3.05) is 7.11 Å². The van der Waals surface area contributed by atoms with Gasteiger partial charge in [-0.15, -0.1) is 0 Å². The summed E-state index contributed by atoms with van der Waals surface area (Å²) in [5.41, 5.74) is 7.23. The van der Waals surface area contributed by atoms with Crippen molar-refractivity contribution in [3.05, 3.63) is 38.4 Å². The van der Waals surface area contributed by atoms with Gasteiger partial charge in [-0.25, -0.2) is 0 Å². The molecule has 6 heteroatoms. The molecule has 2 N–H and O–H groups in total. The highest BCUT2D eigenvalue weighted by Crippen LogP contribution is 2.40. The first kappa shape index (κ1) is 12.9. The molecule has 1 atom stereocenters. The predicted octanol–water partition coefficient (Wildman–Crippen LogP) is 2.54. The van der Waals surface area contributed by atoms with Gasteiger partial charge in [0.25, 0.3) is 0 Å². The van der Waals surface area contributed by atoms with Crippen LogP contribution in [0.2, 0.25) is 5.02 Å². The summed E-state index contributed by atoms with van der Waals surface area (Å²) >= 11 is 6.11. The quantitative estimate of drug-likeness (QED) is 0.660. The van der Waals surface area contributed by atoms with Crippen LogP contribution in [-0.4, -0.2) is 18.1 Å². The fraction of sp³-hybridized carbons (Fsp3) is 0.333. The fourth-order valence-electron chi connectivity index (χ4n) is 2.08. The number of methoxy groups -OCH3 is 1. The van der Waals surface area contributed by atoms with E-state index >= 15 is 0 Å². The minimum atomic E-state index is -0.496. The first-order valence-electron chi connectivity index (χ1n) is 5.52. The number of halogens is 1. The van der Waals surface area contributed by atoms with Crippen LogP contribution in [0.25, 0.3) is 6.08 Å². The zero-order valence-corrected chi connectivity index (χ0v) is 10.6. The maximum absolute atomic E-state index is 11.0. The van der Waals surface area contributed by atoms with Crippen LogP contribution in [0.3, 0.4) is 0 Å². The molecule has 0 aliphatic heterocycles. The molecule has 18 heavy (non-hydrogen) atoms. The van der Waals surface area contributed by atoms with Crippen molar-refractivity contribution in [1.82, 2.24) is 0 Å². The molecule has 0 saturated heterocycles. The average molecular weight is 269 g/mol. The van der Waals surface area contributed by atoms with Gasteiger partial charge in [0.15, 0.2) is 0 Å². The molecule has 1 aliphatic rings. The van der Waals surface area contributed by atoms with E-state index < -0.39 is 4.92 Å². The molecule has 1 unspecified atom stereocenters. The molecule has 0 spiro atoms. The lowest BCUT2D eigenvalue weighted by molar-refractivity contribution is -0.385. The number of ether oxygens (including phenoxy) is 1. The maximum atomic E-state index is 11.0. The van der Waals surface area contributed by atoms with Gasteiger partial charge in [-0.3, -0.25) is 10.1 Å². The van der Waals surface area contributed by atoms with Gasteiger partial charge in [-0.1, -0.05) is 23.8 Å². The Kier molecular flexibility index (Phi) is 3.54. The van der Waals surface area contributed by atoms with Gasteiger partial charge < -0.3 is 10.5 Å². The van der Waals surface area contributed by atoms with Gasteiger partial charge in [0.1, 0.15) is 0 Å². The van der Waals surface area contributed by atoms with Crippen LogP contribution in [0, 0.1) is 10.1 Å². The number of nitro benzene ring substituents is 1. The van der Waals surface area contributed by atoms with Gasteiger partial charge in [0.2, 0.25) is 5.75 Å². The molecule has 0 amide bonds. The van der Waals surface area contributed by atoms with Crippen LogP contribution in [-0.2, 0) is 6.42 Å². The minimum Gasteiger partial charge on any atom is -0.490 e. The highest BCUT2D eigenvalue weighted by atomic mass is 35.5. The van der Waals surface area contributed by atoms with E-state index in [4.69, 9.17) is 22.1 Å². The monoisotopic (exact) mass is 268 g/mol. The zero-order chi connectivity index (χ0) is 13.3. The number of nitro groups is 1. The summed E-state index contributed by atoms with van der Waals surface area (Å²) in [6.07, 6.45) is 5.00. The predicted molar refractivity (Wildman–Crippen MR) is 70.0 cm³/mol. The van der Waals surface area contributed by atoms with E-state index in [2.05, 4.69) is 0 Å². The van der Waals surface area contributed by atoms with Crippen molar-refractivity contribution < 1.29 is 9.66 Å². The fourth-order valence-corrected chi connectivity index (χ4v) is 2.38. The Labute approximate surface area is 109 Å². The number of rotatable bonds is 2. The normalized spacial score (nSPS) is 18.1. The summed E-state index contributed by atoms with van der Waals surface area (Å²) in [5, 5.41) is 11.4. The van der Waals surface area contributed by atoms with Crippen molar-refractivity contribution in [1.29, 1.82) is 0 Å². The van der Waals surface area contributed by atoms with Gasteiger partial charge in [-0.05, 0) is 18.4 Å². The summed E-state index contributed by atoms with van der Waals surface area (Å²) in [4.78, 5) is 10.5. The van der Waals surface area contributed by atoms with E-state index in [0.29, 0.717) is 17.0 Å². The second kappa shape index (κ2) is 4.96. The van der Waals surface area contributed by atoms with E-state index in [9.17, 15) is 10.1 Å². The lowest BCUT2D eigenvalue weighted by atomic mass is 10.0. The van der Waals surface area contributed by atoms with E-state index in [-0.39, 0.29) is 17.5 Å². The largest absolute Gasteiger partial charge is 0.490 e. The SMILES string of the molecule is COc1c([N+](=O)[O-])cc(Cl)c2c1C=CC(N)CC2. The molecule has 0 bridgehead atoms. The maximum Gasteiger partial charge on any atom is 0.313 e. The summed E-state index contributed by atoms with van der Waals surface area (Å²) < 4.78 is 5.16. The van der Waals surface area contributed by atoms with E-state index in [1.54, 1.807) is 6.08 Å². The molecule has 0 radical (unpaired) electrons. The molecule has 96 valence electrons. The molecule has 1 aromatic carbocycles. The summed E-state index contributed by atoms with van der Waals surface area (Å²) in [5.74, 6) is 0.241. The summed E-state index contributed by atoms with van der Waals surface area (Å²) in [6.45, 7) is 0. The zero-order valence-electron chi connectivity index (χ0n) is 9.85. The van der Waals surface area contributed by atoms with E-state index in [1.165, 1.54) is 13.2 Å². The molecule has 0 aromatic heterocycles. The van der Waals surface area contributed by atoms with Crippen LogP contribution in [0.5, 0.6) is 5.75 Å². The molecule has 0 saturated carbocycles.